The Balaban J connectivity index is 2.06. The summed E-state index contributed by atoms with van der Waals surface area (Å²) in [6, 6.07) is 10.6. The Kier molecular flexibility index (Phi) is 5.86. The Labute approximate surface area is 148 Å². The van der Waals surface area contributed by atoms with Crippen LogP contribution in [0.3, 0.4) is 0 Å². The summed E-state index contributed by atoms with van der Waals surface area (Å²) < 4.78 is 42.7. The number of carbonyl (C=O) groups excluding carboxylic acids is 2. The van der Waals surface area contributed by atoms with Crippen molar-refractivity contribution in [1.29, 1.82) is 0 Å². The smallest absolute Gasteiger partial charge is 0.416 e. The fourth-order valence-electron chi connectivity index (χ4n) is 2.23. The molecule has 2 aromatic carbocycles. The molecule has 0 fully saturated rings. The van der Waals surface area contributed by atoms with Gasteiger partial charge in [0.05, 0.1) is 12.7 Å². The molecule has 0 saturated heterocycles. The van der Waals surface area contributed by atoms with Gasteiger partial charge in [0.15, 0.2) is 0 Å². The first-order chi connectivity index (χ1) is 12.2. The van der Waals surface area contributed by atoms with E-state index >= 15 is 0 Å². The average Bonchev–Trinajstić information content (AvgIpc) is 2.59. The zero-order valence-electron chi connectivity index (χ0n) is 14.1. The van der Waals surface area contributed by atoms with E-state index in [4.69, 9.17) is 4.74 Å². The first kappa shape index (κ1) is 19.3. The summed E-state index contributed by atoms with van der Waals surface area (Å²) in [5.41, 5.74) is -0.0961. The van der Waals surface area contributed by atoms with E-state index in [0.717, 1.165) is 24.3 Å². The minimum absolute atomic E-state index is 0.209. The van der Waals surface area contributed by atoms with Crippen molar-refractivity contribution in [2.45, 2.75) is 13.1 Å². The molecule has 0 unspecified atom stereocenters. The van der Waals surface area contributed by atoms with Gasteiger partial charge in [0, 0.05) is 18.3 Å². The predicted octanol–water partition coefficient (Wildman–Crippen LogP) is 3.71. The van der Waals surface area contributed by atoms with E-state index in [0.29, 0.717) is 11.4 Å². The molecule has 1 N–H and O–H groups in total. The number of anilines is 2. The molecule has 0 saturated carbocycles. The lowest BCUT2D eigenvalue weighted by atomic mass is 10.2. The highest BCUT2D eigenvalue weighted by atomic mass is 19.4. The number of methoxy groups -OCH3 is 1. The van der Waals surface area contributed by atoms with Crippen molar-refractivity contribution in [2.75, 3.05) is 23.9 Å². The Hall–Kier alpha value is -3.03. The number of halogens is 3. The number of carbonyl (C=O) groups is 2. The van der Waals surface area contributed by atoms with Crippen LogP contribution in [0.15, 0.2) is 48.5 Å². The summed E-state index contributed by atoms with van der Waals surface area (Å²) in [5.74, 6) is -0.278. The highest BCUT2D eigenvalue weighted by Crippen LogP contribution is 2.29. The van der Waals surface area contributed by atoms with Crippen molar-refractivity contribution >= 4 is 23.2 Å². The summed E-state index contributed by atoms with van der Waals surface area (Å²) >= 11 is 0. The zero-order valence-corrected chi connectivity index (χ0v) is 14.1. The van der Waals surface area contributed by atoms with E-state index in [1.807, 2.05) is 0 Å². The van der Waals surface area contributed by atoms with Gasteiger partial charge in [-0.1, -0.05) is 0 Å². The van der Waals surface area contributed by atoms with Crippen LogP contribution in [0.4, 0.5) is 24.5 Å². The SMILES string of the molecule is COc1ccc(N(CC(=O)Nc2ccc(C(F)(F)F)cc2)C(C)=O)cc1. The molecular weight excluding hydrogens is 349 g/mol. The number of nitrogens with zero attached hydrogens (tertiary/aromatic N) is 1. The Bertz CT molecular complexity index is 772. The number of alkyl halides is 3. The van der Waals surface area contributed by atoms with Crippen molar-refractivity contribution < 1.29 is 27.5 Å². The van der Waals surface area contributed by atoms with Crippen LogP contribution in [0.2, 0.25) is 0 Å². The maximum Gasteiger partial charge on any atom is 0.416 e. The van der Waals surface area contributed by atoms with Crippen molar-refractivity contribution in [3.63, 3.8) is 0 Å². The number of benzene rings is 2. The Morgan fingerprint density at radius 2 is 1.62 bits per heavy atom. The molecule has 0 aromatic heterocycles. The summed E-state index contributed by atoms with van der Waals surface area (Å²) in [5, 5.41) is 2.47. The molecule has 0 bridgehead atoms. The van der Waals surface area contributed by atoms with Crippen LogP contribution in [0, 0.1) is 0 Å². The molecule has 138 valence electrons. The number of nitrogens with one attached hydrogen (secondary N) is 1. The summed E-state index contributed by atoms with van der Waals surface area (Å²) in [7, 11) is 1.51. The molecule has 26 heavy (non-hydrogen) atoms. The van der Waals surface area contributed by atoms with Gasteiger partial charge in [0.2, 0.25) is 11.8 Å². The molecule has 0 atom stereocenters. The largest absolute Gasteiger partial charge is 0.497 e. The second kappa shape index (κ2) is 7.90. The first-order valence-corrected chi connectivity index (χ1v) is 7.60. The highest BCUT2D eigenvalue weighted by molar-refractivity contribution is 6.01. The van der Waals surface area contributed by atoms with Gasteiger partial charge in [-0.3, -0.25) is 9.59 Å². The van der Waals surface area contributed by atoms with Crippen LogP contribution < -0.4 is 15.0 Å². The van der Waals surface area contributed by atoms with E-state index in [-0.39, 0.29) is 18.1 Å². The molecule has 0 radical (unpaired) electrons. The molecule has 2 rings (SSSR count). The molecule has 0 aliphatic heterocycles. The molecule has 8 heteroatoms. The van der Waals surface area contributed by atoms with Crippen LogP contribution in [-0.4, -0.2) is 25.5 Å². The fourth-order valence-corrected chi connectivity index (χ4v) is 2.23. The summed E-state index contributed by atoms with van der Waals surface area (Å²) in [6.07, 6.45) is -4.44. The number of ether oxygens (including phenoxy) is 1. The van der Waals surface area contributed by atoms with Crippen molar-refractivity contribution in [3.05, 3.63) is 54.1 Å². The fraction of sp³-hybridized carbons (Fsp3) is 0.222. The van der Waals surface area contributed by atoms with Gasteiger partial charge in [-0.25, -0.2) is 0 Å². The highest BCUT2D eigenvalue weighted by Gasteiger charge is 2.30. The summed E-state index contributed by atoms with van der Waals surface area (Å²) in [4.78, 5) is 25.2. The zero-order chi connectivity index (χ0) is 19.3. The lowest BCUT2D eigenvalue weighted by Crippen LogP contribution is -2.36. The number of rotatable bonds is 5. The van der Waals surface area contributed by atoms with E-state index < -0.39 is 17.6 Å². The average molecular weight is 366 g/mol. The number of amides is 2. The maximum absolute atomic E-state index is 12.5. The molecule has 0 aliphatic rings. The Morgan fingerprint density at radius 3 is 2.08 bits per heavy atom. The molecule has 0 spiro atoms. The monoisotopic (exact) mass is 366 g/mol. The lowest BCUT2D eigenvalue weighted by Gasteiger charge is -2.21. The van der Waals surface area contributed by atoms with Crippen LogP contribution in [0.25, 0.3) is 0 Å². The normalized spacial score (nSPS) is 11.0. The van der Waals surface area contributed by atoms with E-state index in [1.54, 1.807) is 24.3 Å². The van der Waals surface area contributed by atoms with Gasteiger partial charge in [0.25, 0.3) is 0 Å². The molecule has 0 heterocycles. The summed E-state index contributed by atoms with van der Waals surface area (Å²) in [6.45, 7) is 1.04. The first-order valence-electron chi connectivity index (χ1n) is 7.60. The van der Waals surface area contributed by atoms with Crippen LogP contribution in [0.1, 0.15) is 12.5 Å². The second-order valence-corrected chi connectivity index (χ2v) is 5.43. The molecule has 2 amide bonds. The third-order valence-electron chi connectivity index (χ3n) is 3.56. The standard InChI is InChI=1S/C18H17F3N2O3/c1-12(24)23(15-7-9-16(26-2)10-8-15)11-17(25)22-14-5-3-13(4-6-14)18(19,20)21/h3-10H,11H2,1-2H3,(H,22,25). The van der Waals surface area contributed by atoms with Crippen molar-refractivity contribution in [3.8, 4) is 5.75 Å². The maximum atomic E-state index is 12.5. The molecule has 5 nitrogen and oxygen atoms in total. The van der Waals surface area contributed by atoms with E-state index in [1.165, 1.54) is 18.9 Å². The van der Waals surface area contributed by atoms with Gasteiger partial charge < -0.3 is 15.0 Å². The van der Waals surface area contributed by atoms with Crippen LogP contribution in [-0.2, 0) is 15.8 Å². The third-order valence-corrected chi connectivity index (χ3v) is 3.56. The Morgan fingerprint density at radius 1 is 1.04 bits per heavy atom. The van der Waals surface area contributed by atoms with Gasteiger partial charge in [-0.05, 0) is 48.5 Å². The lowest BCUT2D eigenvalue weighted by molar-refractivity contribution is -0.137. The van der Waals surface area contributed by atoms with Crippen molar-refractivity contribution in [2.24, 2.45) is 0 Å². The van der Waals surface area contributed by atoms with Crippen LogP contribution in [0.5, 0.6) is 5.75 Å². The minimum Gasteiger partial charge on any atom is -0.497 e. The van der Waals surface area contributed by atoms with E-state index in [2.05, 4.69) is 5.32 Å². The van der Waals surface area contributed by atoms with Gasteiger partial charge >= 0.3 is 6.18 Å². The molecule has 2 aromatic rings. The topological polar surface area (TPSA) is 58.6 Å². The predicted molar refractivity (Wildman–Crippen MR) is 91.1 cm³/mol. The third kappa shape index (κ3) is 4.98. The van der Waals surface area contributed by atoms with Gasteiger partial charge in [-0.2, -0.15) is 13.2 Å². The minimum atomic E-state index is -4.44. The number of hydrogen-bond donors (Lipinski definition) is 1. The second-order valence-electron chi connectivity index (χ2n) is 5.43. The molecular formula is C18H17F3N2O3. The van der Waals surface area contributed by atoms with Gasteiger partial charge in [-0.15, -0.1) is 0 Å². The van der Waals surface area contributed by atoms with E-state index in [9.17, 15) is 22.8 Å². The van der Waals surface area contributed by atoms with Gasteiger partial charge in [0.1, 0.15) is 12.3 Å². The quantitative estimate of drug-likeness (QED) is 0.878. The van der Waals surface area contributed by atoms with Crippen LogP contribution >= 0.6 is 0 Å². The molecule has 0 aliphatic carbocycles. The number of hydrogen-bond acceptors (Lipinski definition) is 3. The van der Waals surface area contributed by atoms with Crippen molar-refractivity contribution in [1.82, 2.24) is 0 Å².